The van der Waals surface area contributed by atoms with E-state index in [0.717, 1.165) is 38.5 Å². The Kier molecular flexibility index (Phi) is 8.77. The first-order chi connectivity index (χ1) is 19.4. The van der Waals surface area contributed by atoms with Gasteiger partial charge in [-0.1, -0.05) is 20.8 Å². The van der Waals surface area contributed by atoms with Crippen molar-refractivity contribution in [3.05, 3.63) is 0 Å². The predicted molar refractivity (Wildman–Crippen MR) is 159 cm³/mol. The summed E-state index contributed by atoms with van der Waals surface area (Å²) in [5.74, 6) is 5.44. The summed E-state index contributed by atoms with van der Waals surface area (Å²) in [5, 5.41) is 33.3. The van der Waals surface area contributed by atoms with Gasteiger partial charge in [0.15, 0.2) is 11.4 Å². The van der Waals surface area contributed by atoms with Crippen molar-refractivity contribution in [3.63, 3.8) is 0 Å². The van der Waals surface area contributed by atoms with Gasteiger partial charge in [0, 0.05) is 19.3 Å². The van der Waals surface area contributed by atoms with Crippen LogP contribution in [0.3, 0.4) is 0 Å². The van der Waals surface area contributed by atoms with Gasteiger partial charge in [0.05, 0.1) is 18.2 Å². The average molecular weight is 568 g/mol. The molecular formula is C34H53N3O4. The Balaban J connectivity index is 1.19. The second-order valence-corrected chi connectivity index (χ2v) is 15.1. The summed E-state index contributed by atoms with van der Waals surface area (Å²) in [6.07, 6.45) is 16.3. The molecule has 3 N–H and O–H groups in total. The molecule has 7 nitrogen and oxygen atoms in total. The van der Waals surface area contributed by atoms with Crippen LogP contribution in [0, 0.1) is 58.7 Å². The maximum atomic E-state index is 13.1. The van der Waals surface area contributed by atoms with Gasteiger partial charge in [-0.3, -0.25) is 9.59 Å². The maximum Gasteiger partial charge on any atom is 0.220 e. The van der Waals surface area contributed by atoms with Crippen LogP contribution < -0.4 is 5.32 Å². The Labute approximate surface area is 247 Å². The fourth-order valence-corrected chi connectivity index (χ4v) is 10.3. The molecule has 2 unspecified atom stereocenters. The second kappa shape index (κ2) is 11.7. The number of carbonyl (C=O) groups is 2. The van der Waals surface area contributed by atoms with Crippen molar-refractivity contribution in [1.29, 1.82) is 0 Å². The molecule has 0 aromatic heterocycles. The number of terminal acetylenes is 1. The Bertz CT molecular complexity index is 1060. The molecule has 1 amide bonds. The van der Waals surface area contributed by atoms with Crippen LogP contribution in [0.1, 0.15) is 118 Å². The smallest absolute Gasteiger partial charge is 0.220 e. The molecule has 5 rings (SSSR count). The van der Waals surface area contributed by atoms with E-state index in [1.54, 1.807) is 0 Å². The van der Waals surface area contributed by atoms with E-state index in [2.05, 4.69) is 42.2 Å². The van der Waals surface area contributed by atoms with Crippen molar-refractivity contribution in [2.75, 3.05) is 0 Å². The zero-order chi connectivity index (χ0) is 29.6. The lowest BCUT2D eigenvalue weighted by molar-refractivity contribution is -0.175. The van der Waals surface area contributed by atoms with E-state index in [4.69, 9.17) is 6.42 Å². The molecule has 0 aromatic carbocycles. The van der Waals surface area contributed by atoms with Gasteiger partial charge in [0.1, 0.15) is 0 Å². The normalized spacial score (nSPS) is 41.7. The van der Waals surface area contributed by atoms with Gasteiger partial charge in [0.2, 0.25) is 5.91 Å². The minimum atomic E-state index is -0.545. The van der Waals surface area contributed by atoms with Crippen LogP contribution in [0.15, 0.2) is 10.2 Å². The van der Waals surface area contributed by atoms with Crippen LogP contribution >= 0.6 is 0 Å². The number of Topliss-reactive ketones (excluding diaryl/α,β-unsaturated/α-hetero) is 1. The molecule has 0 saturated heterocycles. The summed E-state index contributed by atoms with van der Waals surface area (Å²) in [5.41, 5.74) is -0.290. The molecule has 4 fully saturated rings. The molecule has 0 spiro atoms. The lowest BCUT2D eigenvalue weighted by atomic mass is 9.43. The van der Waals surface area contributed by atoms with Crippen molar-refractivity contribution in [2.24, 2.45) is 56.6 Å². The first kappa shape index (κ1) is 30.7. The quantitative estimate of drug-likeness (QED) is 0.273. The maximum absolute atomic E-state index is 13.1. The van der Waals surface area contributed by atoms with Gasteiger partial charge >= 0.3 is 0 Å². The molecule has 0 bridgehead atoms. The number of aliphatic hydroxyl groups is 2. The van der Waals surface area contributed by atoms with Crippen molar-refractivity contribution in [1.82, 2.24) is 5.32 Å². The number of aliphatic hydroxyl groups excluding tert-OH is 2. The SMILES string of the molecule is C#CCCC(=O)C(CCC1(C)N=N1)NC(=O)CC[C@@H](C)[C@H]1CC[C@H]2[C@@H]3CC[C@@H]4C[C@H](O)CC[C@]4(C)[C@H]3CC(O)[C@]12C. The van der Waals surface area contributed by atoms with Gasteiger partial charge in [-0.05, 0) is 124 Å². The average Bonchev–Trinajstić information content (AvgIpc) is 3.56. The molecule has 0 aromatic rings. The Morgan fingerprint density at radius 1 is 1.00 bits per heavy atom. The largest absolute Gasteiger partial charge is 0.393 e. The number of nitrogens with zero attached hydrogens (tertiary/aromatic N) is 2. The predicted octanol–water partition coefficient (Wildman–Crippen LogP) is 5.82. The van der Waals surface area contributed by atoms with Crippen LogP contribution in [0.2, 0.25) is 0 Å². The van der Waals surface area contributed by atoms with Crippen LogP contribution in [0.4, 0.5) is 0 Å². The standard InChI is InChI=1S/C34H53N3O4/c1-6-7-8-29(39)28(16-18-33(4)36-37-33)35-31(41)14-9-21(2)25-12-13-26-24-11-10-22-19-23(38)15-17-32(22,3)27(24)20-30(40)34(25,26)5/h1,21-28,30,38,40H,7-20H2,2-5H3,(H,35,41)/t21-,22-,23-,24+,25-,26+,27+,28?,30?,32+,34-/m1/s1. The molecule has 41 heavy (non-hydrogen) atoms. The van der Waals surface area contributed by atoms with Crippen LogP contribution in [-0.4, -0.2) is 45.8 Å². The number of fused-ring (bicyclic) bond motifs is 5. The summed E-state index contributed by atoms with van der Waals surface area (Å²) in [7, 11) is 0. The number of hydrogen-bond acceptors (Lipinski definition) is 6. The highest BCUT2D eigenvalue weighted by molar-refractivity contribution is 5.89. The molecule has 4 saturated carbocycles. The lowest BCUT2D eigenvalue weighted by Gasteiger charge is -2.62. The van der Waals surface area contributed by atoms with Gasteiger partial charge < -0.3 is 15.5 Å². The zero-order valence-electron chi connectivity index (χ0n) is 25.8. The summed E-state index contributed by atoms with van der Waals surface area (Å²) in [4.78, 5) is 25.9. The third-order valence-corrected chi connectivity index (χ3v) is 12.9. The fourth-order valence-electron chi connectivity index (χ4n) is 10.3. The molecule has 7 heteroatoms. The van der Waals surface area contributed by atoms with Gasteiger partial charge in [-0.2, -0.15) is 10.2 Å². The highest BCUT2D eigenvalue weighted by atomic mass is 16.3. The van der Waals surface area contributed by atoms with E-state index in [-0.39, 0.29) is 41.1 Å². The number of rotatable bonds is 11. The third kappa shape index (κ3) is 5.90. The molecule has 1 aliphatic heterocycles. The van der Waals surface area contributed by atoms with Crippen molar-refractivity contribution >= 4 is 11.7 Å². The van der Waals surface area contributed by atoms with E-state index in [9.17, 15) is 19.8 Å². The summed E-state index contributed by atoms with van der Waals surface area (Å²) < 4.78 is 0. The molecule has 1 heterocycles. The van der Waals surface area contributed by atoms with Crippen molar-refractivity contribution < 1.29 is 19.8 Å². The minimum Gasteiger partial charge on any atom is -0.393 e. The fraction of sp³-hybridized carbons (Fsp3) is 0.882. The first-order valence-corrected chi connectivity index (χ1v) is 16.5. The van der Waals surface area contributed by atoms with Crippen LogP contribution in [0.5, 0.6) is 0 Å². The number of ketones is 1. The van der Waals surface area contributed by atoms with Gasteiger partial charge in [-0.15, -0.1) is 12.3 Å². The highest BCUT2D eigenvalue weighted by Gasteiger charge is 2.63. The Morgan fingerprint density at radius 2 is 1.76 bits per heavy atom. The lowest BCUT2D eigenvalue weighted by Crippen LogP contribution is -2.58. The van der Waals surface area contributed by atoms with Crippen molar-refractivity contribution in [3.8, 4) is 12.3 Å². The summed E-state index contributed by atoms with van der Waals surface area (Å²) in [6.45, 7) is 9.00. The van der Waals surface area contributed by atoms with E-state index in [0.29, 0.717) is 61.2 Å². The summed E-state index contributed by atoms with van der Waals surface area (Å²) >= 11 is 0. The van der Waals surface area contributed by atoms with E-state index < -0.39 is 11.7 Å². The number of hydrogen-bond donors (Lipinski definition) is 3. The molecule has 4 aliphatic carbocycles. The third-order valence-electron chi connectivity index (χ3n) is 12.9. The molecule has 0 radical (unpaired) electrons. The molecular weight excluding hydrogens is 514 g/mol. The van der Waals surface area contributed by atoms with E-state index in [1.165, 1.54) is 19.3 Å². The highest BCUT2D eigenvalue weighted by Crippen LogP contribution is 2.68. The van der Waals surface area contributed by atoms with E-state index >= 15 is 0 Å². The topological polar surface area (TPSA) is 111 Å². The Morgan fingerprint density at radius 3 is 2.46 bits per heavy atom. The minimum absolute atomic E-state index is 0.0180. The van der Waals surface area contributed by atoms with Gasteiger partial charge in [-0.25, -0.2) is 0 Å². The van der Waals surface area contributed by atoms with Crippen LogP contribution in [-0.2, 0) is 9.59 Å². The molecule has 5 aliphatic rings. The van der Waals surface area contributed by atoms with Crippen LogP contribution in [0.25, 0.3) is 0 Å². The number of amides is 1. The monoisotopic (exact) mass is 567 g/mol. The summed E-state index contributed by atoms with van der Waals surface area (Å²) in [6, 6.07) is -0.545. The van der Waals surface area contributed by atoms with Gasteiger partial charge in [0.25, 0.3) is 0 Å². The number of nitrogens with one attached hydrogen (secondary N) is 1. The van der Waals surface area contributed by atoms with Crippen molar-refractivity contribution in [2.45, 2.75) is 141 Å². The zero-order valence-corrected chi connectivity index (χ0v) is 25.8. The van der Waals surface area contributed by atoms with E-state index in [1.807, 2.05) is 6.92 Å². The second-order valence-electron chi connectivity index (χ2n) is 15.1. The Hall–Kier alpha value is -1.78. The number of carbonyl (C=O) groups excluding carboxylic acids is 2. The molecule has 11 atom stereocenters. The first-order valence-electron chi connectivity index (χ1n) is 16.5. The molecule has 228 valence electrons.